The van der Waals surface area contributed by atoms with Crippen molar-refractivity contribution in [1.29, 1.82) is 0 Å². The van der Waals surface area contributed by atoms with E-state index in [2.05, 4.69) is 55.4 Å². The van der Waals surface area contributed by atoms with Gasteiger partial charge in [0.15, 0.2) is 0 Å². The van der Waals surface area contributed by atoms with Crippen LogP contribution in [0.2, 0.25) is 0 Å². The molecule has 1 heterocycles. The molecule has 0 aromatic carbocycles. The third-order valence-corrected chi connectivity index (χ3v) is 2.92. The van der Waals surface area contributed by atoms with E-state index in [-0.39, 0.29) is 11.2 Å². The number of rotatable bonds is 0. The lowest BCUT2D eigenvalue weighted by atomic mass is 10.0. The first-order chi connectivity index (χ1) is 6.60. The molecule has 1 saturated heterocycles. The van der Waals surface area contributed by atoms with Crippen molar-refractivity contribution in [1.82, 2.24) is 0 Å². The Kier molecular flexibility index (Phi) is 6.70. The third kappa shape index (κ3) is 6.39. The van der Waals surface area contributed by atoms with Gasteiger partial charge in [-0.2, -0.15) is 0 Å². The smallest absolute Gasteiger partial charge is 0.0918 e. The second kappa shape index (κ2) is 6.01. The van der Waals surface area contributed by atoms with Gasteiger partial charge >= 0.3 is 0 Å². The molecule has 0 aliphatic carbocycles. The van der Waals surface area contributed by atoms with Crippen LogP contribution in [0.5, 0.6) is 0 Å². The van der Waals surface area contributed by atoms with Gasteiger partial charge in [-0.1, -0.05) is 11.1 Å². The molecule has 0 aromatic rings. The Balaban J connectivity index is 0. The molecule has 15 heavy (non-hydrogen) atoms. The van der Waals surface area contributed by atoms with E-state index < -0.39 is 0 Å². The Labute approximate surface area is 93.1 Å². The van der Waals surface area contributed by atoms with E-state index in [1.54, 1.807) is 0 Å². The van der Waals surface area contributed by atoms with Gasteiger partial charge in [0.2, 0.25) is 0 Å². The number of ether oxygens (including phenoxy) is 1. The van der Waals surface area contributed by atoms with Crippen molar-refractivity contribution >= 4 is 0 Å². The van der Waals surface area contributed by atoms with Crippen LogP contribution in [0.25, 0.3) is 0 Å². The first-order valence-electron chi connectivity index (χ1n) is 5.07. The Hall–Kier alpha value is -0.700. The fourth-order valence-corrected chi connectivity index (χ4v) is 0.612. The van der Waals surface area contributed by atoms with Gasteiger partial charge in [-0.25, -0.2) is 0 Å². The van der Waals surface area contributed by atoms with E-state index >= 15 is 0 Å². The van der Waals surface area contributed by atoms with Crippen molar-refractivity contribution < 1.29 is 4.74 Å². The van der Waals surface area contributed by atoms with Crippen LogP contribution in [0.15, 0.2) is 11.1 Å². The Morgan fingerprint density at radius 1 is 0.733 bits per heavy atom. The summed E-state index contributed by atoms with van der Waals surface area (Å²) in [5.41, 5.74) is 3.14. The molecular weight excluding hydrogens is 192 g/mol. The number of epoxide rings is 1. The molecular formula is C12H24O3. The monoisotopic (exact) mass is 216 g/mol. The number of hydrogen-bond donors (Lipinski definition) is 0. The van der Waals surface area contributed by atoms with Crippen LogP contribution >= 0.6 is 0 Å². The largest absolute Gasteiger partial charge is 0.364 e. The Morgan fingerprint density at radius 2 is 0.867 bits per heavy atom. The molecule has 3 heteroatoms. The lowest BCUT2D eigenvalue weighted by Crippen LogP contribution is -2.10. The minimum atomic E-state index is 0.146. The van der Waals surface area contributed by atoms with Gasteiger partial charge in [-0.3, -0.25) is 0 Å². The highest BCUT2D eigenvalue weighted by molar-refractivity contribution is 5.03. The molecule has 1 aliphatic heterocycles. The summed E-state index contributed by atoms with van der Waals surface area (Å²) in [6.45, 7) is 16.9. The van der Waals surface area contributed by atoms with E-state index in [0.29, 0.717) is 0 Å². The van der Waals surface area contributed by atoms with Gasteiger partial charge in [0.1, 0.15) is 0 Å². The van der Waals surface area contributed by atoms with Crippen molar-refractivity contribution in [2.24, 2.45) is 0 Å². The van der Waals surface area contributed by atoms with Gasteiger partial charge < -0.3 is 4.74 Å². The van der Waals surface area contributed by atoms with Crippen LogP contribution in [-0.2, 0) is 4.74 Å². The molecule has 0 amide bonds. The van der Waals surface area contributed by atoms with Crippen LogP contribution in [0, 0.1) is 9.93 Å². The zero-order valence-corrected chi connectivity index (χ0v) is 11.2. The molecule has 0 atom stereocenters. The van der Waals surface area contributed by atoms with Crippen molar-refractivity contribution in [2.75, 3.05) is 0 Å². The topological polar surface area (TPSA) is 46.7 Å². The summed E-state index contributed by atoms with van der Waals surface area (Å²) in [5, 5.41) is 0. The molecule has 1 rings (SSSR count). The average molecular weight is 216 g/mol. The van der Waals surface area contributed by atoms with Crippen molar-refractivity contribution in [3.63, 3.8) is 0 Å². The standard InChI is InChI=1S/C6H12O.C6H12.O2/c1-5(2)6(3,4)7-5;1-5(2)6(3)4;1-2/h1-4H3;1-4H3;. The van der Waals surface area contributed by atoms with Gasteiger partial charge in [-0.05, 0) is 55.4 Å². The molecule has 3 nitrogen and oxygen atoms in total. The Bertz CT molecular complexity index is 197. The summed E-state index contributed by atoms with van der Waals surface area (Å²) in [5.74, 6) is 0. The van der Waals surface area contributed by atoms with Gasteiger partial charge in [0, 0.05) is 9.93 Å². The minimum absolute atomic E-state index is 0.146. The van der Waals surface area contributed by atoms with Crippen LogP contribution in [-0.4, -0.2) is 11.2 Å². The molecule has 0 unspecified atom stereocenters. The molecule has 0 spiro atoms. The summed E-state index contributed by atoms with van der Waals surface area (Å²) >= 11 is 0. The average Bonchev–Trinajstić information content (AvgIpc) is 2.52. The van der Waals surface area contributed by atoms with E-state index in [1.807, 2.05) is 0 Å². The van der Waals surface area contributed by atoms with Crippen LogP contribution in [0.3, 0.4) is 0 Å². The summed E-state index contributed by atoms with van der Waals surface area (Å²) in [7, 11) is 0. The van der Waals surface area contributed by atoms with Crippen LogP contribution in [0.4, 0.5) is 0 Å². The highest BCUT2D eigenvalue weighted by Gasteiger charge is 2.55. The molecule has 0 saturated carbocycles. The second-order valence-corrected chi connectivity index (χ2v) is 5.12. The molecule has 0 aromatic heterocycles. The van der Waals surface area contributed by atoms with E-state index in [0.717, 1.165) is 0 Å². The number of allylic oxidation sites excluding steroid dienone is 2. The van der Waals surface area contributed by atoms with Crippen LogP contribution in [0.1, 0.15) is 55.4 Å². The molecule has 0 radical (unpaired) electrons. The lowest BCUT2D eigenvalue weighted by molar-refractivity contribution is 0.296. The SMILES string of the molecule is CC(C)=C(C)C.CC1(C)OC1(C)C.O=O. The summed E-state index contributed by atoms with van der Waals surface area (Å²) in [6, 6.07) is 0. The Morgan fingerprint density at radius 3 is 0.867 bits per heavy atom. The first-order valence-corrected chi connectivity index (χ1v) is 5.07. The molecule has 1 fully saturated rings. The third-order valence-electron chi connectivity index (χ3n) is 2.92. The molecule has 90 valence electrons. The predicted molar refractivity (Wildman–Crippen MR) is 65.7 cm³/mol. The minimum Gasteiger partial charge on any atom is -0.364 e. The predicted octanol–water partition coefficient (Wildman–Crippen LogP) is 4.00. The van der Waals surface area contributed by atoms with E-state index in [9.17, 15) is 0 Å². The fourth-order valence-electron chi connectivity index (χ4n) is 0.612. The quantitative estimate of drug-likeness (QED) is 0.454. The summed E-state index contributed by atoms with van der Waals surface area (Å²) in [6.07, 6.45) is 0. The normalized spacial score (nSPS) is 18.7. The maximum Gasteiger partial charge on any atom is 0.0918 e. The van der Waals surface area contributed by atoms with Crippen molar-refractivity contribution in [2.45, 2.75) is 66.6 Å². The van der Waals surface area contributed by atoms with Gasteiger partial charge in [0.05, 0.1) is 11.2 Å². The zero-order chi connectivity index (χ0) is 12.9. The molecule has 0 bridgehead atoms. The molecule has 0 N–H and O–H groups in total. The van der Waals surface area contributed by atoms with Crippen molar-refractivity contribution in [3.05, 3.63) is 21.1 Å². The summed E-state index contributed by atoms with van der Waals surface area (Å²) < 4.78 is 5.29. The van der Waals surface area contributed by atoms with Crippen molar-refractivity contribution in [3.8, 4) is 0 Å². The highest BCUT2D eigenvalue weighted by Crippen LogP contribution is 2.46. The maximum absolute atomic E-state index is 7.00. The second-order valence-electron chi connectivity index (χ2n) is 5.12. The molecule has 1 aliphatic rings. The first kappa shape index (κ1) is 16.7. The van der Waals surface area contributed by atoms with E-state index in [4.69, 9.17) is 14.7 Å². The number of hydrogen-bond acceptors (Lipinski definition) is 3. The lowest BCUT2D eigenvalue weighted by Gasteiger charge is -1.95. The summed E-state index contributed by atoms with van der Waals surface area (Å²) in [4.78, 5) is 14.0. The van der Waals surface area contributed by atoms with Gasteiger partial charge in [-0.15, -0.1) is 0 Å². The maximum atomic E-state index is 7.00. The van der Waals surface area contributed by atoms with E-state index in [1.165, 1.54) is 11.1 Å². The van der Waals surface area contributed by atoms with Gasteiger partial charge in [0.25, 0.3) is 0 Å². The van der Waals surface area contributed by atoms with Crippen LogP contribution < -0.4 is 0 Å². The highest BCUT2D eigenvalue weighted by atomic mass is 16.7. The zero-order valence-electron chi connectivity index (χ0n) is 11.2. The fraction of sp³-hybridized carbons (Fsp3) is 0.833.